The molecule has 0 radical (unpaired) electrons. The minimum absolute atomic E-state index is 0.183. The minimum atomic E-state index is -0.762. The fourth-order valence-corrected chi connectivity index (χ4v) is 2.14. The van der Waals surface area contributed by atoms with Gasteiger partial charge in [0.05, 0.1) is 5.35 Å². The van der Waals surface area contributed by atoms with Gasteiger partial charge in [0.1, 0.15) is 6.04 Å². The molecule has 0 aliphatic carbocycles. The number of carbonyl (C=O) groups excluding carboxylic acids is 2. The number of hydrogen-bond donors (Lipinski definition) is 1. The van der Waals surface area contributed by atoms with Gasteiger partial charge in [0.15, 0.2) is 5.42 Å². The molecule has 0 bridgehead atoms. The fourth-order valence-electron chi connectivity index (χ4n) is 2.14. The van der Waals surface area contributed by atoms with Crippen molar-refractivity contribution in [3.05, 3.63) is 46.6 Å². The number of nitrogens with zero attached hydrogens (tertiary/aromatic N) is 1. The van der Waals surface area contributed by atoms with Crippen LogP contribution in [0.4, 0.5) is 0 Å². The zero-order chi connectivity index (χ0) is 16.7. The lowest BCUT2D eigenvalue weighted by Gasteiger charge is -2.20. The lowest BCUT2D eigenvalue weighted by Crippen LogP contribution is -2.47. The lowest BCUT2D eigenvalue weighted by atomic mass is 10.1. The zero-order valence-electron chi connectivity index (χ0n) is 12.8. The average molecular weight is 304 g/mol. The van der Waals surface area contributed by atoms with E-state index in [-0.39, 0.29) is 18.7 Å². The van der Waals surface area contributed by atoms with E-state index in [1.807, 2.05) is 13.8 Å². The molecule has 2 amide bonds. The number of piperidine rings is 1. The van der Waals surface area contributed by atoms with Gasteiger partial charge in [0.25, 0.3) is 0 Å². The average Bonchev–Trinajstić information content (AvgIpc) is 2.79. The highest BCUT2D eigenvalue weighted by Crippen LogP contribution is 2.14. The third-order valence-corrected chi connectivity index (χ3v) is 2.97. The number of amides is 2. The number of nitrogens with one attached hydrogen (secondary N) is 1. The Morgan fingerprint density at radius 2 is 1.82 bits per heavy atom. The first-order chi connectivity index (χ1) is 10.6. The van der Waals surface area contributed by atoms with E-state index in [2.05, 4.69) is 18.5 Å². The Morgan fingerprint density at radius 1 is 1.18 bits per heavy atom. The molecule has 1 aromatic heterocycles. The van der Waals surface area contributed by atoms with Crippen molar-refractivity contribution in [1.82, 2.24) is 9.88 Å². The Labute approximate surface area is 128 Å². The van der Waals surface area contributed by atoms with E-state index >= 15 is 0 Å². The normalized spacial score (nSPS) is 19.3. The lowest BCUT2D eigenvalue weighted by molar-refractivity contribution is -0.135. The highest BCUT2D eigenvalue weighted by atomic mass is 16.4. The summed E-state index contributed by atoms with van der Waals surface area (Å²) in [7, 11) is 0. The molecular weight excluding hydrogens is 284 g/mol. The van der Waals surface area contributed by atoms with E-state index in [0.717, 1.165) is 0 Å². The summed E-state index contributed by atoms with van der Waals surface area (Å²) >= 11 is 0. The zero-order valence-corrected chi connectivity index (χ0v) is 12.8. The molecule has 2 rings (SSSR count). The molecule has 6 nitrogen and oxygen atoms in total. The van der Waals surface area contributed by atoms with Crippen molar-refractivity contribution in [1.29, 1.82) is 0 Å². The van der Waals surface area contributed by atoms with Crippen molar-refractivity contribution in [3.63, 3.8) is 0 Å². The van der Waals surface area contributed by atoms with Crippen molar-refractivity contribution in [2.45, 2.75) is 32.7 Å². The number of allylic oxidation sites excluding steroid dienone is 2. The maximum atomic E-state index is 12.0. The van der Waals surface area contributed by atoms with Crippen molar-refractivity contribution < 1.29 is 14.0 Å². The molecular formula is C16H20N2O4. The van der Waals surface area contributed by atoms with Crippen molar-refractivity contribution in [2.24, 2.45) is 0 Å². The summed E-state index contributed by atoms with van der Waals surface area (Å²) in [5.41, 5.74) is 0.301. The van der Waals surface area contributed by atoms with Crippen molar-refractivity contribution >= 4 is 24.0 Å². The topological polar surface area (TPSA) is 81.3 Å². The van der Waals surface area contributed by atoms with Crippen LogP contribution in [-0.4, -0.2) is 16.4 Å². The fraction of sp³-hybridized carbons (Fsp3) is 0.312. The molecule has 1 fully saturated rings. The third kappa shape index (κ3) is 3.52. The van der Waals surface area contributed by atoms with Gasteiger partial charge in [-0.3, -0.25) is 19.5 Å². The predicted molar refractivity (Wildman–Crippen MR) is 84.3 cm³/mol. The van der Waals surface area contributed by atoms with Gasteiger partial charge in [-0.2, -0.15) is 0 Å². The van der Waals surface area contributed by atoms with Gasteiger partial charge in [-0.1, -0.05) is 39.2 Å². The molecule has 1 N–H and O–H groups in total. The van der Waals surface area contributed by atoms with Crippen LogP contribution < -0.4 is 21.8 Å². The summed E-state index contributed by atoms with van der Waals surface area (Å²) in [4.78, 5) is 35.0. The molecule has 2 heterocycles. The first kappa shape index (κ1) is 17.4. The number of imide groups is 1. The Bertz CT molecular complexity index is 752. The molecule has 1 aromatic rings. The van der Waals surface area contributed by atoms with E-state index in [0.29, 0.717) is 10.8 Å². The summed E-state index contributed by atoms with van der Waals surface area (Å²) < 4.78 is 6.34. The molecule has 118 valence electrons. The van der Waals surface area contributed by atoms with Crippen LogP contribution in [0.5, 0.6) is 0 Å². The van der Waals surface area contributed by atoms with E-state index in [1.165, 1.54) is 22.8 Å². The van der Waals surface area contributed by atoms with Gasteiger partial charge in [-0.15, -0.1) is 0 Å². The Hall–Kier alpha value is -2.63. The van der Waals surface area contributed by atoms with Gasteiger partial charge in [0.2, 0.25) is 11.8 Å². The molecule has 1 unspecified atom stereocenters. The molecule has 0 saturated carbocycles. The van der Waals surface area contributed by atoms with Crippen LogP contribution in [0.15, 0.2) is 34.5 Å². The van der Waals surface area contributed by atoms with Gasteiger partial charge >= 0.3 is 5.76 Å². The summed E-state index contributed by atoms with van der Waals surface area (Å²) in [5.74, 6) is -1.50. The predicted octanol–water partition coefficient (Wildman–Crippen LogP) is 0.378. The standard InChI is InChI=1S/C14H14N2O4.C2H6/c1-3-5-9-11(6-4-2)20-14(19)16(9)10-7-8-12(17)15-13(10)18;1-2/h3-6,10H,1-2,7-8H2,(H,15,17,18);1-2H3/b9-5+,11-6+;. The van der Waals surface area contributed by atoms with Gasteiger partial charge in [-0.25, -0.2) is 4.79 Å². The second-order valence-electron chi connectivity index (χ2n) is 4.26. The summed E-state index contributed by atoms with van der Waals surface area (Å²) in [5, 5.41) is 2.65. The van der Waals surface area contributed by atoms with Crippen LogP contribution >= 0.6 is 0 Å². The van der Waals surface area contributed by atoms with E-state index in [1.54, 1.807) is 6.08 Å². The molecule has 1 atom stereocenters. The second-order valence-corrected chi connectivity index (χ2v) is 4.26. The van der Waals surface area contributed by atoms with E-state index < -0.39 is 17.7 Å². The summed E-state index contributed by atoms with van der Waals surface area (Å²) in [6.07, 6.45) is 6.52. The van der Waals surface area contributed by atoms with Crippen LogP contribution in [0.3, 0.4) is 0 Å². The smallest absolute Gasteiger partial charge is 0.408 e. The van der Waals surface area contributed by atoms with Gasteiger partial charge < -0.3 is 4.42 Å². The number of hydrogen-bond acceptors (Lipinski definition) is 4. The first-order valence-electron chi connectivity index (χ1n) is 7.09. The highest BCUT2D eigenvalue weighted by molar-refractivity contribution is 5.99. The number of rotatable bonds is 3. The summed E-state index contributed by atoms with van der Waals surface area (Å²) in [6, 6.07) is -0.762. The monoisotopic (exact) mass is 304 g/mol. The van der Waals surface area contributed by atoms with Gasteiger partial charge in [-0.05, 0) is 18.6 Å². The summed E-state index contributed by atoms with van der Waals surface area (Å²) in [6.45, 7) is 11.1. The van der Waals surface area contributed by atoms with Crippen LogP contribution in [0.25, 0.3) is 12.2 Å². The van der Waals surface area contributed by atoms with Crippen molar-refractivity contribution in [3.8, 4) is 0 Å². The second kappa shape index (κ2) is 7.97. The van der Waals surface area contributed by atoms with E-state index in [9.17, 15) is 14.4 Å². The highest BCUT2D eigenvalue weighted by Gasteiger charge is 2.30. The molecule has 0 spiro atoms. The van der Waals surface area contributed by atoms with Crippen LogP contribution in [0.2, 0.25) is 0 Å². The first-order valence-corrected chi connectivity index (χ1v) is 7.09. The SMILES string of the molecule is C=C/C=c1/oc(=O)n(C2CCC(=O)NC2=O)/c1=C/C=C.CC. The minimum Gasteiger partial charge on any atom is -0.408 e. The van der Waals surface area contributed by atoms with Crippen molar-refractivity contribution in [2.75, 3.05) is 0 Å². The quantitative estimate of drug-likeness (QED) is 0.819. The Morgan fingerprint density at radius 3 is 2.36 bits per heavy atom. The van der Waals surface area contributed by atoms with Gasteiger partial charge in [0, 0.05) is 6.42 Å². The molecule has 1 aliphatic heterocycles. The Balaban J connectivity index is 0.00000116. The maximum Gasteiger partial charge on any atom is 0.420 e. The molecule has 6 heteroatoms. The molecule has 1 aliphatic rings. The molecule has 0 aromatic carbocycles. The number of carbonyl (C=O) groups is 2. The van der Waals surface area contributed by atoms with Crippen LogP contribution in [0, 0.1) is 0 Å². The van der Waals surface area contributed by atoms with Crippen LogP contribution in [-0.2, 0) is 9.59 Å². The van der Waals surface area contributed by atoms with E-state index in [4.69, 9.17) is 4.42 Å². The number of aromatic nitrogens is 1. The maximum absolute atomic E-state index is 12.0. The number of oxazole rings is 1. The Kier molecular flexibility index (Phi) is 6.31. The van der Waals surface area contributed by atoms with Crippen LogP contribution in [0.1, 0.15) is 32.7 Å². The third-order valence-electron chi connectivity index (χ3n) is 2.97. The molecule has 22 heavy (non-hydrogen) atoms. The largest absolute Gasteiger partial charge is 0.420 e. The molecule has 1 saturated heterocycles.